The molecule has 1 aromatic heterocycles. The highest BCUT2D eigenvalue weighted by Crippen LogP contribution is 2.38. The van der Waals surface area contributed by atoms with Gasteiger partial charge in [-0.1, -0.05) is 43.7 Å². The zero-order valence-electron chi connectivity index (χ0n) is 19.4. The molecule has 2 atom stereocenters. The van der Waals surface area contributed by atoms with Gasteiger partial charge in [-0.3, -0.25) is 19.7 Å². The van der Waals surface area contributed by atoms with Crippen LogP contribution in [0.4, 0.5) is 0 Å². The second kappa shape index (κ2) is 9.52. The number of carbonyl (C=O) groups excluding carboxylic acids is 2. The number of nitrogens with one attached hydrogen (secondary N) is 1. The van der Waals surface area contributed by atoms with E-state index in [9.17, 15) is 9.59 Å². The van der Waals surface area contributed by atoms with Crippen molar-refractivity contribution in [1.82, 2.24) is 9.58 Å². The summed E-state index contributed by atoms with van der Waals surface area (Å²) in [7, 11) is 0. The van der Waals surface area contributed by atoms with E-state index in [0.717, 1.165) is 11.9 Å². The summed E-state index contributed by atoms with van der Waals surface area (Å²) >= 11 is 0. The smallest absolute Gasteiger partial charge is 0.270 e. The van der Waals surface area contributed by atoms with Gasteiger partial charge in [-0.25, -0.2) is 0 Å². The van der Waals surface area contributed by atoms with E-state index < -0.39 is 0 Å². The summed E-state index contributed by atoms with van der Waals surface area (Å²) in [5, 5.41) is 1.22. The molecule has 3 aromatic rings. The van der Waals surface area contributed by atoms with E-state index in [0.29, 0.717) is 29.5 Å². The van der Waals surface area contributed by atoms with Crippen LogP contribution in [0.25, 0.3) is 10.9 Å². The maximum Gasteiger partial charge on any atom is 0.270 e. The predicted molar refractivity (Wildman–Crippen MR) is 132 cm³/mol. The molecule has 2 fully saturated rings. The lowest BCUT2D eigenvalue weighted by atomic mass is 9.82. The van der Waals surface area contributed by atoms with Crippen molar-refractivity contribution in [3.8, 4) is 0 Å². The maximum atomic E-state index is 13.1. The van der Waals surface area contributed by atoms with Crippen LogP contribution in [-0.4, -0.2) is 40.4 Å². The number of fused-ring (bicyclic) bond motifs is 2. The molecule has 2 unspecified atom stereocenters. The minimum atomic E-state index is -0.199. The minimum Gasteiger partial charge on any atom is -0.300 e. The molecule has 0 aliphatic carbocycles. The number of hydrogen-bond acceptors (Lipinski definition) is 3. The van der Waals surface area contributed by atoms with Crippen LogP contribution in [0.5, 0.6) is 0 Å². The Kier molecular flexibility index (Phi) is 6.32. The van der Waals surface area contributed by atoms with E-state index >= 15 is 0 Å². The van der Waals surface area contributed by atoms with Crippen molar-refractivity contribution in [3.05, 3.63) is 71.4 Å². The van der Waals surface area contributed by atoms with Crippen molar-refractivity contribution in [2.45, 2.75) is 63.8 Å². The van der Waals surface area contributed by atoms with Gasteiger partial charge in [0.05, 0.1) is 5.52 Å². The van der Waals surface area contributed by atoms with Crippen LogP contribution in [0, 0.1) is 0 Å². The van der Waals surface area contributed by atoms with Crippen molar-refractivity contribution in [1.29, 1.82) is 0 Å². The van der Waals surface area contributed by atoms with E-state index in [4.69, 9.17) is 0 Å². The number of benzene rings is 2. The Balaban J connectivity index is 1.40. The van der Waals surface area contributed by atoms with Gasteiger partial charge in [-0.05, 0) is 74.9 Å². The summed E-state index contributed by atoms with van der Waals surface area (Å²) in [5.74, 6) is 0.396. The average Bonchev–Trinajstić information content (AvgIpc) is 3.22. The molecule has 0 radical (unpaired) electrons. The fourth-order valence-corrected chi connectivity index (χ4v) is 5.67. The summed E-state index contributed by atoms with van der Waals surface area (Å²) in [6.45, 7) is 4.40. The van der Waals surface area contributed by atoms with Crippen LogP contribution in [-0.2, 0) is 0 Å². The molecule has 2 aliphatic heterocycles. The summed E-state index contributed by atoms with van der Waals surface area (Å²) < 4.78 is 1.88. The van der Waals surface area contributed by atoms with E-state index in [1.54, 1.807) is 24.3 Å². The van der Waals surface area contributed by atoms with Crippen LogP contribution in [0.1, 0.15) is 84.1 Å². The molecule has 33 heavy (non-hydrogen) atoms. The van der Waals surface area contributed by atoms with Gasteiger partial charge in [0.1, 0.15) is 0 Å². The second-order valence-corrected chi connectivity index (χ2v) is 9.57. The molecule has 5 heteroatoms. The first-order valence-corrected chi connectivity index (χ1v) is 12.4. The summed E-state index contributed by atoms with van der Waals surface area (Å²) in [5.41, 5.74) is 6.53. The molecule has 2 aromatic carbocycles. The van der Waals surface area contributed by atoms with Gasteiger partial charge in [-0.2, -0.15) is 0 Å². The highest BCUT2D eigenvalue weighted by Gasteiger charge is 2.32. The Bertz CT molecular complexity index is 1160. The molecule has 0 bridgehead atoms. The van der Waals surface area contributed by atoms with Gasteiger partial charge in [-0.15, -0.1) is 0 Å². The highest BCUT2D eigenvalue weighted by atomic mass is 16.2. The number of amides is 1. The Morgan fingerprint density at radius 1 is 1.00 bits per heavy atom. The molecule has 172 valence electrons. The average molecular weight is 444 g/mol. The Morgan fingerprint density at radius 2 is 1.85 bits per heavy atom. The van der Waals surface area contributed by atoms with Crippen LogP contribution < -0.4 is 5.43 Å². The molecule has 0 saturated carbocycles. The second-order valence-electron chi connectivity index (χ2n) is 9.57. The summed E-state index contributed by atoms with van der Waals surface area (Å²) in [6, 6.07) is 16.1. The highest BCUT2D eigenvalue weighted by molar-refractivity contribution is 6.04. The van der Waals surface area contributed by atoms with Gasteiger partial charge in [0, 0.05) is 35.2 Å². The number of nitrogens with zero attached hydrogens (tertiary/aromatic N) is 2. The third-order valence-corrected chi connectivity index (χ3v) is 7.40. The summed E-state index contributed by atoms with van der Waals surface area (Å²) in [6.07, 6.45) is 9.76. The number of aromatic nitrogens is 1. The monoisotopic (exact) mass is 443 g/mol. The Labute approximate surface area is 195 Å². The molecular weight excluding hydrogens is 410 g/mol. The maximum absolute atomic E-state index is 13.1. The van der Waals surface area contributed by atoms with Crippen LogP contribution >= 0.6 is 0 Å². The number of Topliss-reactive ketones (excluding diaryl/α,β-unsaturated/α-hetero) is 1. The third-order valence-electron chi connectivity index (χ3n) is 7.40. The number of hydrogen-bond donors (Lipinski definition) is 1. The fraction of sp³-hybridized carbons (Fsp3) is 0.429. The number of ketones is 1. The largest absolute Gasteiger partial charge is 0.300 e. The van der Waals surface area contributed by atoms with Crippen LogP contribution in [0.15, 0.2) is 54.7 Å². The number of para-hydroxylation sites is 1. The first kappa shape index (κ1) is 21.9. The SMILES string of the molecule is CCCC(=O)c1cccc(C(=O)Nn2cc(C3CCN4CCCCC4C3)c3ccccc32)c1. The number of rotatable bonds is 6. The zero-order chi connectivity index (χ0) is 22.8. The third kappa shape index (κ3) is 4.47. The Hall–Kier alpha value is -2.92. The van der Waals surface area contributed by atoms with E-state index in [2.05, 4.69) is 34.7 Å². The van der Waals surface area contributed by atoms with Crippen molar-refractivity contribution in [3.63, 3.8) is 0 Å². The predicted octanol–water partition coefficient (Wildman–Crippen LogP) is 5.74. The van der Waals surface area contributed by atoms with Gasteiger partial charge in [0.25, 0.3) is 5.91 Å². The van der Waals surface area contributed by atoms with E-state index in [1.165, 1.54) is 56.1 Å². The first-order valence-electron chi connectivity index (χ1n) is 12.4. The molecule has 1 amide bonds. The molecule has 5 rings (SSSR count). The molecule has 2 saturated heterocycles. The zero-order valence-corrected chi connectivity index (χ0v) is 19.4. The van der Waals surface area contributed by atoms with Crippen molar-refractivity contribution in [2.24, 2.45) is 0 Å². The normalized spacial score (nSPS) is 21.0. The van der Waals surface area contributed by atoms with Gasteiger partial charge < -0.3 is 4.90 Å². The van der Waals surface area contributed by atoms with Gasteiger partial charge in [0.2, 0.25) is 0 Å². The van der Waals surface area contributed by atoms with Crippen LogP contribution in [0.3, 0.4) is 0 Å². The van der Waals surface area contributed by atoms with Gasteiger partial charge >= 0.3 is 0 Å². The molecule has 5 nitrogen and oxygen atoms in total. The molecular formula is C28H33N3O2. The lowest BCUT2D eigenvalue weighted by Crippen LogP contribution is -2.44. The van der Waals surface area contributed by atoms with E-state index in [-0.39, 0.29) is 11.7 Å². The number of carbonyl (C=O) groups is 2. The fourth-order valence-electron chi connectivity index (χ4n) is 5.67. The number of piperidine rings is 2. The van der Waals surface area contributed by atoms with Crippen molar-refractivity contribution >= 4 is 22.6 Å². The van der Waals surface area contributed by atoms with Gasteiger partial charge in [0.15, 0.2) is 5.78 Å². The molecule has 3 heterocycles. The topological polar surface area (TPSA) is 54.3 Å². The lowest BCUT2D eigenvalue weighted by Gasteiger charge is -2.42. The van der Waals surface area contributed by atoms with Crippen molar-refractivity contribution in [2.75, 3.05) is 18.5 Å². The minimum absolute atomic E-state index is 0.0786. The lowest BCUT2D eigenvalue weighted by molar-refractivity contribution is 0.0975. The van der Waals surface area contributed by atoms with Crippen LogP contribution in [0.2, 0.25) is 0 Å². The molecule has 1 N–H and O–H groups in total. The summed E-state index contributed by atoms with van der Waals surface area (Å²) in [4.78, 5) is 28.1. The molecule has 0 spiro atoms. The Morgan fingerprint density at radius 3 is 2.73 bits per heavy atom. The quantitative estimate of drug-likeness (QED) is 0.494. The molecule has 2 aliphatic rings. The standard InChI is InChI=1S/C28H33N3O2/c1-2-8-27(32)21-9-7-10-22(17-21)28(33)29-31-19-25(24-12-3-4-13-26(24)31)20-14-16-30-15-6-5-11-23(30)18-20/h3-4,7,9-10,12-13,17,19-20,23H,2,5-6,8,11,14-16,18H2,1H3,(H,29,33). The first-order chi connectivity index (χ1) is 16.1. The van der Waals surface area contributed by atoms with E-state index in [1.807, 2.05) is 17.7 Å². The van der Waals surface area contributed by atoms with Crippen molar-refractivity contribution < 1.29 is 9.59 Å².